The third kappa shape index (κ3) is 2.16. The van der Waals surface area contributed by atoms with Crippen LogP contribution in [0.25, 0.3) is 0 Å². The first kappa shape index (κ1) is 13.1. The standard InChI is InChI=1S/C11H13N3O5/c1-11(2)10(16)12-5-6-13(11)9(15)7-3-4-8(19-7)14(17)18/h3-4H,5-6H2,1-2H3,(H,12,16). The second-order valence-electron chi connectivity index (χ2n) is 4.67. The van der Waals surface area contributed by atoms with Crippen LogP contribution in [0.5, 0.6) is 0 Å². The average Bonchev–Trinajstić information content (AvgIpc) is 2.81. The van der Waals surface area contributed by atoms with E-state index < -0.39 is 22.3 Å². The molecule has 1 aromatic rings. The summed E-state index contributed by atoms with van der Waals surface area (Å²) < 4.78 is 4.87. The number of piperazine rings is 1. The Balaban J connectivity index is 2.27. The molecule has 0 aromatic carbocycles. The molecular formula is C11H13N3O5. The Morgan fingerprint density at radius 3 is 2.79 bits per heavy atom. The highest BCUT2D eigenvalue weighted by Crippen LogP contribution is 2.23. The second kappa shape index (κ2) is 4.38. The first-order valence-electron chi connectivity index (χ1n) is 5.68. The molecule has 0 spiro atoms. The van der Waals surface area contributed by atoms with E-state index in [-0.39, 0.29) is 11.7 Å². The SMILES string of the molecule is CC1(C)C(=O)NCCN1C(=O)c1ccc([N+](=O)[O-])o1. The van der Waals surface area contributed by atoms with Crippen molar-refractivity contribution in [1.29, 1.82) is 0 Å². The maximum atomic E-state index is 12.2. The van der Waals surface area contributed by atoms with Gasteiger partial charge in [0.1, 0.15) is 10.5 Å². The van der Waals surface area contributed by atoms with Crippen molar-refractivity contribution in [2.24, 2.45) is 0 Å². The van der Waals surface area contributed by atoms with Crippen LogP contribution in [-0.4, -0.2) is 40.3 Å². The summed E-state index contributed by atoms with van der Waals surface area (Å²) in [5.41, 5.74) is -1.02. The van der Waals surface area contributed by atoms with Gasteiger partial charge in [-0.2, -0.15) is 0 Å². The third-order valence-corrected chi connectivity index (χ3v) is 3.08. The van der Waals surface area contributed by atoms with Gasteiger partial charge in [-0.25, -0.2) is 0 Å². The number of hydrogen-bond acceptors (Lipinski definition) is 5. The van der Waals surface area contributed by atoms with Crippen LogP contribution in [0.1, 0.15) is 24.4 Å². The highest BCUT2D eigenvalue weighted by Gasteiger charge is 2.41. The Morgan fingerprint density at radius 2 is 2.21 bits per heavy atom. The van der Waals surface area contributed by atoms with Crippen molar-refractivity contribution < 1.29 is 18.9 Å². The Kier molecular flexibility index (Phi) is 3.01. The monoisotopic (exact) mass is 267 g/mol. The fourth-order valence-corrected chi connectivity index (χ4v) is 1.93. The Bertz CT molecular complexity index is 548. The molecule has 8 nitrogen and oxygen atoms in total. The molecule has 0 saturated carbocycles. The molecule has 1 fully saturated rings. The van der Waals surface area contributed by atoms with Gasteiger partial charge in [-0.3, -0.25) is 19.7 Å². The zero-order valence-electron chi connectivity index (χ0n) is 10.5. The number of hydrogen-bond donors (Lipinski definition) is 1. The van der Waals surface area contributed by atoms with Gasteiger partial charge < -0.3 is 14.6 Å². The van der Waals surface area contributed by atoms with Crippen LogP contribution >= 0.6 is 0 Å². The lowest BCUT2D eigenvalue weighted by molar-refractivity contribution is -0.402. The number of nitrogens with one attached hydrogen (secondary N) is 1. The minimum absolute atomic E-state index is 0.144. The minimum atomic E-state index is -1.02. The molecule has 2 heterocycles. The van der Waals surface area contributed by atoms with Gasteiger partial charge in [0.15, 0.2) is 5.76 Å². The third-order valence-electron chi connectivity index (χ3n) is 3.08. The maximum Gasteiger partial charge on any atom is 0.433 e. The number of rotatable bonds is 2. The summed E-state index contributed by atoms with van der Waals surface area (Å²) >= 11 is 0. The Morgan fingerprint density at radius 1 is 1.53 bits per heavy atom. The maximum absolute atomic E-state index is 12.2. The van der Waals surface area contributed by atoms with Gasteiger partial charge in [0, 0.05) is 13.1 Å². The molecule has 8 heteroatoms. The van der Waals surface area contributed by atoms with Gasteiger partial charge in [-0.1, -0.05) is 0 Å². The lowest BCUT2D eigenvalue weighted by Gasteiger charge is -2.40. The van der Waals surface area contributed by atoms with Gasteiger partial charge in [-0.05, 0) is 19.9 Å². The number of nitro groups is 1. The molecule has 2 rings (SSSR count). The number of carbonyl (C=O) groups excluding carboxylic acids is 2. The number of furan rings is 1. The van der Waals surface area contributed by atoms with Crippen LogP contribution < -0.4 is 5.32 Å². The zero-order valence-corrected chi connectivity index (χ0v) is 10.5. The summed E-state index contributed by atoms with van der Waals surface area (Å²) in [4.78, 5) is 35.1. The molecule has 0 atom stereocenters. The van der Waals surface area contributed by atoms with E-state index in [4.69, 9.17) is 4.42 Å². The highest BCUT2D eigenvalue weighted by molar-refractivity contribution is 5.98. The molecular weight excluding hydrogens is 254 g/mol. The molecule has 2 amide bonds. The van der Waals surface area contributed by atoms with Crippen LogP contribution in [0.3, 0.4) is 0 Å². The fraction of sp³-hybridized carbons (Fsp3) is 0.455. The van der Waals surface area contributed by atoms with E-state index in [1.165, 1.54) is 11.0 Å². The molecule has 1 aromatic heterocycles. The van der Waals surface area contributed by atoms with Crippen molar-refractivity contribution in [3.63, 3.8) is 0 Å². The number of nitrogens with zero attached hydrogens (tertiary/aromatic N) is 2. The largest absolute Gasteiger partial charge is 0.433 e. The van der Waals surface area contributed by atoms with Crippen molar-refractivity contribution in [2.45, 2.75) is 19.4 Å². The lowest BCUT2D eigenvalue weighted by Crippen LogP contribution is -2.63. The molecule has 1 N–H and O–H groups in total. The van der Waals surface area contributed by atoms with Crippen LogP contribution in [0, 0.1) is 10.1 Å². The number of carbonyl (C=O) groups is 2. The lowest BCUT2D eigenvalue weighted by atomic mass is 9.98. The van der Waals surface area contributed by atoms with Gasteiger partial charge >= 0.3 is 5.88 Å². The molecule has 0 aliphatic carbocycles. The van der Waals surface area contributed by atoms with Crippen LogP contribution in [0.4, 0.5) is 5.88 Å². The van der Waals surface area contributed by atoms with Crippen LogP contribution in [-0.2, 0) is 4.79 Å². The van der Waals surface area contributed by atoms with Gasteiger partial charge in [0.25, 0.3) is 5.91 Å². The smallest absolute Gasteiger partial charge is 0.395 e. The normalized spacial score (nSPS) is 18.0. The molecule has 102 valence electrons. The van der Waals surface area contributed by atoms with E-state index in [0.717, 1.165) is 6.07 Å². The van der Waals surface area contributed by atoms with Crippen molar-refractivity contribution in [2.75, 3.05) is 13.1 Å². The molecule has 0 bridgehead atoms. The summed E-state index contributed by atoms with van der Waals surface area (Å²) in [5.74, 6) is -1.45. The van der Waals surface area contributed by atoms with E-state index in [1.54, 1.807) is 13.8 Å². The quantitative estimate of drug-likeness (QED) is 0.621. The van der Waals surface area contributed by atoms with Crippen LogP contribution in [0.2, 0.25) is 0 Å². The summed E-state index contributed by atoms with van der Waals surface area (Å²) in [7, 11) is 0. The summed E-state index contributed by atoms with van der Waals surface area (Å²) in [5, 5.41) is 13.2. The minimum Gasteiger partial charge on any atom is -0.395 e. The molecule has 1 aliphatic heterocycles. The molecule has 19 heavy (non-hydrogen) atoms. The van der Waals surface area contributed by atoms with E-state index in [1.807, 2.05) is 0 Å². The molecule has 0 unspecified atom stereocenters. The van der Waals surface area contributed by atoms with Crippen molar-refractivity contribution in [3.8, 4) is 0 Å². The van der Waals surface area contributed by atoms with E-state index in [2.05, 4.69) is 5.32 Å². The second-order valence-corrected chi connectivity index (χ2v) is 4.67. The summed E-state index contributed by atoms with van der Waals surface area (Å²) in [6, 6.07) is 2.35. The zero-order chi connectivity index (χ0) is 14.2. The summed E-state index contributed by atoms with van der Waals surface area (Å²) in [6.07, 6.45) is 0. The number of amides is 2. The molecule has 1 saturated heterocycles. The highest BCUT2D eigenvalue weighted by atomic mass is 16.6. The van der Waals surface area contributed by atoms with Gasteiger partial charge in [0.05, 0.1) is 6.07 Å². The van der Waals surface area contributed by atoms with Gasteiger partial charge in [-0.15, -0.1) is 0 Å². The predicted octanol–water partition coefficient (Wildman–Crippen LogP) is 0.538. The van der Waals surface area contributed by atoms with E-state index in [0.29, 0.717) is 13.1 Å². The van der Waals surface area contributed by atoms with E-state index >= 15 is 0 Å². The fourth-order valence-electron chi connectivity index (χ4n) is 1.93. The van der Waals surface area contributed by atoms with Crippen molar-refractivity contribution in [1.82, 2.24) is 10.2 Å². The topological polar surface area (TPSA) is 106 Å². The van der Waals surface area contributed by atoms with Gasteiger partial charge in [0.2, 0.25) is 5.91 Å². The Labute approximate surface area is 108 Å². The average molecular weight is 267 g/mol. The first-order valence-corrected chi connectivity index (χ1v) is 5.68. The first-order chi connectivity index (χ1) is 8.84. The van der Waals surface area contributed by atoms with Crippen molar-refractivity contribution >= 4 is 17.7 Å². The van der Waals surface area contributed by atoms with Crippen LogP contribution in [0.15, 0.2) is 16.5 Å². The summed E-state index contributed by atoms with van der Waals surface area (Å²) in [6.45, 7) is 3.89. The van der Waals surface area contributed by atoms with E-state index in [9.17, 15) is 19.7 Å². The molecule has 1 aliphatic rings. The molecule has 0 radical (unpaired) electrons. The van der Waals surface area contributed by atoms with Crippen molar-refractivity contribution in [3.05, 3.63) is 28.0 Å². The predicted molar refractivity (Wildman–Crippen MR) is 63.5 cm³/mol. The Hall–Kier alpha value is -2.38.